The summed E-state index contributed by atoms with van der Waals surface area (Å²) in [7, 11) is 0. The molecule has 0 fully saturated rings. The molecule has 0 aromatic heterocycles. The van der Waals surface area contributed by atoms with Crippen LogP contribution in [0.5, 0.6) is 5.75 Å². The molecule has 100 valence electrons. The molecule has 1 atom stereocenters. The molecule has 1 rings (SSSR count). The average molecular weight is 258 g/mol. The van der Waals surface area contributed by atoms with Gasteiger partial charge in [-0.1, -0.05) is 0 Å². The summed E-state index contributed by atoms with van der Waals surface area (Å²) in [5.41, 5.74) is 4.89. The zero-order chi connectivity index (χ0) is 13.9. The Morgan fingerprint density at radius 1 is 1.28 bits per heavy atom. The van der Waals surface area contributed by atoms with E-state index in [1.54, 1.807) is 13.8 Å². The maximum absolute atomic E-state index is 13.4. The molecule has 0 saturated heterocycles. The van der Waals surface area contributed by atoms with Crippen LogP contribution in [0.25, 0.3) is 0 Å². The quantitative estimate of drug-likeness (QED) is 0.810. The van der Waals surface area contributed by atoms with Crippen molar-refractivity contribution in [3.05, 3.63) is 23.8 Å². The number of halogens is 2. The summed E-state index contributed by atoms with van der Waals surface area (Å²) in [5, 5.41) is 2.60. The molecule has 0 aliphatic carbocycles. The lowest BCUT2D eigenvalue weighted by Crippen LogP contribution is -2.40. The number of carbonyl (C=O) groups is 1. The van der Waals surface area contributed by atoms with Gasteiger partial charge in [-0.05, 0) is 20.8 Å². The maximum atomic E-state index is 13.4. The summed E-state index contributed by atoms with van der Waals surface area (Å²) in [6, 6.07) is 1.58. The average Bonchev–Trinajstić information content (AvgIpc) is 2.24. The first kappa shape index (κ1) is 14.2. The number of rotatable bonds is 4. The van der Waals surface area contributed by atoms with Crippen molar-refractivity contribution in [1.29, 1.82) is 0 Å². The number of carbonyl (C=O) groups excluding carboxylic acids is 1. The number of nitrogen functional groups attached to an aromatic ring is 1. The number of nitrogens with one attached hydrogen (secondary N) is 1. The van der Waals surface area contributed by atoms with Crippen LogP contribution in [0.3, 0.4) is 0 Å². The van der Waals surface area contributed by atoms with Crippen LogP contribution in [0, 0.1) is 11.6 Å². The molecular weight excluding hydrogens is 242 g/mol. The molecule has 0 spiro atoms. The molecule has 1 amide bonds. The van der Waals surface area contributed by atoms with Gasteiger partial charge in [0.05, 0.1) is 5.69 Å². The number of ether oxygens (including phenoxy) is 1. The summed E-state index contributed by atoms with van der Waals surface area (Å²) in [5.74, 6) is -2.34. The number of hydrogen-bond acceptors (Lipinski definition) is 3. The zero-order valence-corrected chi connectivity index (χ0v) is 10.5. The second kappa shape index (κ2) is 5.66. The van der Waals surface area contributed by atoms with Gasteiger partial charge in [0.25, 0.3) is 5.91 Å². The van der Waals surface area contributed by atoms with E-state index in [0.29, 0.717) is 0 Å². The third kappa shape index (κ3) is 3.58. The van der Waals surface area contributed by atoms with E-state index in [-0.39, 0.29) is 17.5 Å². The molecule has 0 saturated carbocycles. The Morgan fingerprint density at radius 2 is 1.89 bits per heavy atom. The summed E-state index contributed by atoms with van der Waals surface area (Å²) >= 11 is 0. The predicted molar refractivity (Wildman–Crippen MR) is 64.1 cm³/mol. The lowest BCUT2D eigenvalue weighted by atomic mass is 10.2. The fourth-order valence-electron chi connectivity index (χ4n) is 1.28. The zero-order valence-electron chi connectivity index (χ0n) is 10.5. The number of anilines is 1. The molecule has 0 bridgehead atoms. The Kier molecular flexibility index (Phi) is 4.47. The van der Waals surface area contributed by atoms with Gasteiger partial charge in [-0.2, -0.15) is 0 Å². The molecule has 0 aliphatic rings. The first-order valence-corrected chi connectivity index (χ1v) is 5.52. The van der Waals surface area contributed by atoms with Gasteiger partial charge in [0.15, 0.2) is 17.7 Å². The number of hydrogen-bond donors (Lipinski definition) is 2. The summed E-state index contributed by atoms with van der Waals surface area (Å²) in [6.07, 6.45) is -0.926. The van der Waals surface area contributed by atoms with Gasteiger partial charge in [-0.15, -0.1) is 0 Å². The van der Waals surface area contributed by atoms with E-state index in [0.717, 1.165) is 12.1 Å². The van der Waals surface area contributed by atoms with Crippen LogP contribution in [-0.2, 0) is 4.79 Å². The van der Waals surface area contributed by atoms with Crippen molar-refractivity contribution in [2.45, 2.75) is 32.9 Å². The molecule has 0 radical (unpaired) electrons. The van der Waals surface area contributed by atoms with Crippen LogP contribution in [0.1, 0.15) is 20.8 Å². The van der Waals surface area contributed by atoms with Crippen molar-refractivity contribution < 1.29 is 18.3 Å². The van der Waals surface area contributed by atoms with Crippen LogP contribution in [0.2, 0.25) is 0 Å². The molecule has 1 aromatic carbocycles. The minimum absolute atomic E-state index is 0.0587. The highest BCUT2D eigenvalue weighted by Crippen LogP contribution is 2.23. The largest absolute Gasteiger partial charge is 0.478 e. The molecule has 4 nitrogen and oxygen atoms in total. The molecule has 3 N–H and O–H groups in total. The van der Waals surface area contributed by atoms with Crippen molar-refractivity contribution in [3.8, 4) is 5.75 Å². The monoisotopic (exact) mass is 258 g/mol. The van der Waals surface area contributed by atoms with Gasteiger partial charge in [-0.3, -0.25) is 4.79 Å². The maximum Gasteiger partial charge on any atom is 0.260 e. The van der Waals surface area contributed by atoms with E-state index in [4.69, 9.17) is 10.5 Å². The molecule has 0 heterocycles. The second-order valence-corrected chi connectivity index (χ2v) is 4.23. The number of benzene rings is 1. The highest BCUT2D eigenvalue weighted by Gasteiger charge is 2.18. The van der Waals surface area contributed by atoms with Crippen LogP contribution in [0.4, 0.5) is 14.5 Å². The first-order valence-electron chi connectivity index (χ1n) is 5.52. The summed E-state index contributed by atoms with van der Waals surface area (Å²) in [6.45, 7) is 5.02. The fraction of sp³-hybridized carbons (Fsp3) is 0.417. The second-order valence-electron chi connectivity index (χ2n) is 4.23. The van der Waals surface area contributed by atoms with E-state index in [1.165, 1.54) is 6.92 Å². The lowest BCUT2D eigenvalue weighted by molar-refractivity contribution is -0.127. The van der Waals surface area contributed by atoms with Crippen molar-refractivity contribution in [1.82, 2.24) is 5.32 Å². The minimum atomic E-state index is -0.926. The lowest BCUT2D eigenvalue weighted by Gasteiger charge is -2.17. The van der Waals surface area contributed by atoms with Crippen molar-refractivity contribution in [2.24, 2.45) is 0 Å². The molecule has 1 unspecified atom stereocenters. The van der Waals surface area contributed by atoms with E-state index in [1.807, 2.05) is 0 Å². The van der Waals surface area contributed by atoms with E-state index < -0.39 is 23.6 Å². The molecule has 6 heteroatoms. The Hall–Kier alpha value is -1.85. The highest BCUT2D eigenvalue weighted by molar-refractivity contribution is 5.80. The Morgan fingerprint density at radius 3 is 2.44 bits per heavy atom. The van der Waals surface area contributed by atoms with E-state index >= 15 is 0 Å². The van der Waals surface area contributed by atoms with E-state index in [2.05, 4.69) is 5.32 Å². The van der Waals surface area contributed by atoms with Gasteiger partial charge in [0.2, 0.25) is 0 Å². The number of nitrogens with two attached hydrogens (primary N) is 1. The first-order chi connectivity index (χ1) is 8.31. The summed E-state index contributed by atoms with van der Waals surface area (Å²) in [4.78, 5) is 11.5. The molecule has 1 aromatic rings. The minimum Gasteiger partial charge on any atom is -0.478 e. The van der Waals surface area contributed by atoms with E-state index in [9.17, 15) is 13.6 Å². The van der Waals surface area contributed by atoms with Crippen LogP contribution >= 0.6 is 0 Å². The molecule has 18 heavy (non-hydrogen) atoms. The Balaban J connectivity index is 2.79. The van der Waals surface area contributed by atoms with Crippen LogP contribution in [0.15, 0.2) is 12.1 Å². The topological polar surface area (TPSA) is 64.3 Å². The standard InChI is InChI=1S/C12H16F2N2O2/c1-6(2)16-12(17)7(3)18-11-5-8(13)10(15)4-9(11)14/h4-7H,15H2,1-3H3,(H,16,17). The smallest absolute Gasteiger partial charge is 0.260 e. The SMILES string of the molecule is CC(C)NC(=O)C(C)Oc1cc(F)c(N)cc1F. The predicted octanol–water partition coefficient (Wildman–Crippen LogP) is 1.84. The van der Waals surface area contributed by atoms with Crippen LogP contribution in [-0.4, -0.2) is 18.1 Å². The van der Waals surface area contributed by atoms with Gasteiger partial charge in [-0.25, -0.2) is 8.78 Å². The molecular formula is C12H16F2N2O2. The Bertz CT molecular complexity index is 450. The van der Waals surface area contributed by atoms with Crippen molar-refractivity contribution in [3.63, 3.8) is 0 Å². The van der Waals surface area contributed by atoms with Crippen molar-refractivity contribution >= 4 is 11.6 Å². The van der Waals surface area contributed by atoms with Gasteiger partial charge in [0.1, 0.15) is 5.82 Å². The van der Waals surface area contributed by atoms with Gasteiger partial charge >= 0.3 is 0 Å². The molecule has 0 aliphatic heterocycles. The Labute approximate surface area is 104 Å². The normalized spacial score (nSPS) is 12.3. The highest BCUT2D eigenvalue weighted by atomic mass is 19.1. The van der Waals surface area contributed by atoms with Gasteiger partial charge in [0, 0.05) is 18.2 Å². The fourth-order valence-corrected chi connectivity index (χ4v) is 1.28. The van der Waals surface area contributed by atoms with Crippen molar-refractivity contribution in [2.75, 3.05) is 5.73 Å². The third-order valence-electron chi connectivity index (χ3n) is 2.16. The van der Waals surface area contributed by atoms with Gasteiger partial charge < -0.3 is 15.8 Å². The third-order valence-corrected chi connectivity index (χ3v) is 2.16. The number of amides is 1. The van der Waals surface area contributed by atoms with Crippen LogP contribution < -0.4 is 15.8 Å². The summed E-state index contributed by atoms with van der Waals surface area (Å²) < 4.78 is 31.6.